The van der Waals surface area contributed by atoms with E-state index in [2.05, 4.69) is 62.3 Å². The number of nitrogens with zero attached hydrogens (tertiary/aromatic N) is 5. The molecule has 1 aliphatic rings. The fourth-order valence-electron chi connectivity index (χ4n) is 4.46. The van der Waals surface area contributed by atoms with Crippen LogP contribution >= 0.6 is 0 Å². The molecule has 7 heteroatoms. The van der Waals surface area contributed by atoms with Crippen molar-refractivity contribution in [2.24, 2.45) is 5.92 Å². The topological polar surface area (TPSA) is 56.0 Å². The zero-order valence-corrected chi connectivity index (χ0v) is 18.3. The molecule has 0 bridgehead atoms. The molecule has 3 heterocycles. The van der Waals surface area contributed by atoms with Crippen molar-refractivity contribution in [3.8, 4) is 5.69 Å². The molecular weight excluding hydrogens is 406 g/mol. The number of hydrogen-bond acceptors (Lipinski definition) is 4. The Kier molecular flexibility index (Phi) is 5.95. The molecule has 6 nitrogen and oxygen atoms in total. The van der Waals surface area contributed by atoms with Gasteiger partial charge in [-0.15, -0.1) is 10.2 Å². The predicted octanol–water partition coefficient (Wildman–Crippen LogP) is 3.49. The Bertz CT molecular complexity index is 1160. The Labute approximate surface area is 185 Å². The molecule has 0 amide bonds. The summed E-state index contributed by atoms with van der Waals surface area (Å²) in [6.45, 7) is 4.15. The van der Waals surface area contributed by atoms with E-state index in [0.717, 1.165) is 44.0 Å². The van der Waals surface area contributed by atoms with Gasteiger partial charge >= 0.3 is 0 Å². The Morgan fingerprint density at radius 3 is 2.68 bits per heavy atom. The van der Waals surface area contributed by atoms with Crippen molar-refractivity contribution in [2.45, 2.75) is 18.7 Å². The number of hydrogen-bond donors (Lipinski definition) is 0. The predicted molar refractivity (Wildman–Crippen MR) is 125 cm³/mol. The van der Waals surface area contributed by atoms with E-state index in [-0.39, 0.29) is 0 Å². The zero-order chi connectivity index (χ0) is 21.0. The summed E-state index contributed by atoms with van der Waals surface area (Å²) in [4.78, 5) is 2.52. The quantitative estimate of drug-likeness (QED) is 0.427. The molecule has 1 fully saturated rings. The van der Waals surface area contributed by atoms with Crippen molar-refractivity contribution in [1.82, 2.24) is 24.2 Å². The van der Waals surface area contributed by atoms with Crippen LogP contribution < -0.4 is 0 Å². The summed E-state index contributed by atoms with van der Waals surface area (Å²) in [7, 11) is -0.786. The summed E-state index contributed by atoms with van der Waals surface area (Å²) in [5.74, 6) is 2.02. The van der Waals surface area contributed by atoms with E-state index in [0.29, 0.717) is 11.7 Å². The summed E-state index contributed by atoms with van der Waals surface area (Å²) in [6, 6.07) is 18.8. The van der Waals surface area contributed by atoms with Crippen molar-refractivity contribution in [2.75, 3.05) is 25.4 Å². The molecule has 0 saturated carbocycles. The van der Waals surface area contributed by atoms with Gasteiger partial charge in [-0.3, -0.25) is 8.78 Å². The van der Waals surface area contributed by atoms with Gasteiger partial charge in [-0.25, -0.2) is 0 Å². The second kappa shape index (κ2) is 9.16. The molecule has 2 atom stereocenters. The number of fused-ring (bicyclic) bond motifs is 1. The van der Waals surface area contributed by atoms with Crippen molar-refractivity contribution in [1.29, 1.82) is 0 Å². The normalized spacial score (nSPS) is 18.0. The van der Waals surface area contributed by atoms with Crippen LogP contribution in [0.25, 0.3) is 16.6 Å². The highest BCUT2D eigenvalue weighted by Gasteiger charge is 2.24. The SMILES string of the molecule is O=S(Cc1ccccc1)C[C@@H]1CCN(CCn2ccc3cc(-n4cnnc4)ccc32)C1. The fraction of sp³-hybridized carbons (Fsp3) is 0.333. The van der Waals surface area contributed by atoms with Crippen LogP contribution in [0.4, 0.5) is 0 Å². The van der Waals surface area contributed by atoms with Crippen molar-refractivity contribution < 1.29 is 4.21 Å². The second-order valence-corrected chi connectivity index (χ2v) is 9.81. The average molecular weight is 434 g/mol. The van der Waals surface area contributed by atoms with Crippen LogP contribution in [-0.2, 0) is 23.1 Å². The van der Waals surface area contributed by atoms with E-state index in [4.69, 9.17) is 0 Å². The van der Waals surface area contributed by atoms with Crippen LogP contribution in [0.3, 0.4) is 0 Å². The van der Waals surface area contributed by atoms with Crippen LogP contribution in [-0.4, -0.2) is 53.8 Å². The van der Waals surface area contributed by atoms with Crippen molar-refractivity contribution in [3.05, 3.63) is 79.0 Å². The molecule has 2 aromatic heterocycles. The molecule has 31 heavy (non-hydrogen) atoms. The highest BCUT2D eigenvalue weighted by atomic mass is 32.2. The van der Waals surface area contributed by atoms with Gasteiger partial charge in [-0.05, 0) is 48.7 Å². The number of likely N-dealkylation sites (tertiary alicyclic amines) is 1. The van der Waals surface area contributed by atoms with E-state index in [1.165, 1.54) is 16.5 Å². The smallest absolute Gasteiger partial charge is 0.123 e. The summed E-state index contributed by atoms with van der Waals surface area (Å²) in [5, 5.41) is 8.99. The van der Waals surface area contributed by atoms with Gasteiger partial charge in [0.15, 0.2) is 0 Å². The second-order valence-electron chi connectivity index (χ2n) is 8.31. The van der Waals surface area contributed by atoms with Crippen molar-refractivity contribution in [3.63, 3.8) is 0 Å². The average Bonchev–Trinajstić information content (AvgIpc) is 3.54. The first-order chi connectivity index (χ1) is 15.2. The van der Waals surface area contributed by atoms with E-state index >= 15 is 0 Å². The van der Waals surface area contributed by atoms with Crippen LogP contribution in [0, 0.1) is 5.92 Å². The van der Waals surface area contributed by atoms with E-state index < -0.39 is 10.8 Å². The number of rotatable bonds is 8. The highest BCUT2D eigenvalue weighted by Crippen LogP contribution is 2.22. The Balaban J connectivity index is 1.14. The number of aromatic nitrogens is 4. The van der Waals surface area contributed by atoms with Gasteiger partial charge in [0, 0.05) is 64.7 Å². The molecule has 160 valence electrons. The Morgan fingerprint density at radius 1 is 1.00 bits per heavy atom. The largest absolute Gasteiger partial charge is 0.346 e. The van der Waals surface area contributed by atoms with Gasteiger partial charge in [0.05, 0.1) is 0 Å². The minimum absolute atomic E-state index is 0.539. The monoisotopic (exact) mass is 433 g/mol. The highest BCUT2D eigenvalue weighted by molar-refractivity contribution is 7.84. The molecule has 0 N–H and O–H groups in total. The van der Waals surface area contributed by atoms with Gasteiger partial charge in [0.2, 0.25) is 0 Å². The van der Waals surface area contributed by atoms with Gasteiger partial charge < -0.3 is 9.47 Å². The molecule has 2 aromatic carbocycles. The first-order valence-corrected chi connectivity index (χ1v) is 12.3. The van der Waals surface area contributed by atoms with Gasteiger partial charge in [-0.1, -0.05) is 30.3 Å². The first kappa shape index (κ1) is 20.2. The molecule has 1 unspecified atom stereocenters. The lowest BCUT2D eigenvalue weighted by molar-refractivity contribution is 0.315. The molecule has 4 aromatic rings. The maximum Gasteiger partial charge on any atom is 0.123 e. The molecule has 0 spiro atoms. The third-order valence-electron chi connectivity index (χ3n) is 6.09. The Hall–Kier alpha value is -2.77. The molecule has 5 rings (SSSR count). The zero-order valence-electron chi connectivity index (χ0n) is 17.5. The van der Waals surface area contributed by atoms with Crippen LogP contribution in [0.5, 0.6) is 0 Å². The minimum Gasteiger partial charge on any atom is -0.346 e. The van der Waals surface area contributed by atoms with Crippen LogP contribution in [0.15, 0.2) is 73.4 Å². The third-order valence-corrected chi connectivity index (χ3v) is 7.59. The molecule has 1 aliphatic heterocycles. The molecular formula is C24H27N5OS. The number of benzene rings is 2. The van der Waals surface area contributed by atoms with E-state index in [1.807, 2.05) is 22.8 Å². The minimum atomic E-state index is -0.786. The molecule has 0 aliphatic carbocycles. The lowest BCUT2D eigenvalue weighted by atomic mass is 10.2. The third kappa shape index (κ3) is 4.78. The Morgan fingerprint density at radius 2 is 1.84 bits per heavy atom. The summed E-state index contributed by atoms with van der Waals surface area (Å²) < 4.78 is 16.8. The first-order valence-electron chi connectivity index (χ1n) is 10.8. The van der Waals surface area contributed by atoms with E-state index in [9.17, 15) is 4.21 Å². The maximum absolute atomic E-state index is 12.6. The van der Waals surface area contributed by atoms with Crippen molar-refractivity contribution >= 4 is 21.7 Å². The molecule has 0 radical (unpaired) electrons. The summed E-state index contributed by atoms with van der Waals surface area (Å²) in [5.41, 5.74) is 3.49. The summed E-state index contributed by atoms with van der Waals surface area (Å²) in [6.07, 6.45) is 6.75. The molecule has 1 saturated heterocycles. The van der Waals surface area contributed by atoms with Gasteiger partial charge in [0.1, 0.15) is 12.7 Å². The summed E-state index contributed by atoms with van der Waals surface area (Å²) >= 11 is 0. The van der Waals surface area contributed by atoms with Crippen LogP contribution in [0.1, 0.15) is 12.0 Å². The van der Waals surface area contributed by atoms with Crippen LogP contribution in [0.2, 0.25) is 0 Å². The lowest BCUT2D eigenvalue weighted by Crippen LogP contribution is -2.26. The fourth-order valence-corrected chi connectivity index (χ4v) is 5.94. The van der Waals surface area contributed by atoms with E-state index in [1.54, 1.807) is 12.7 Å². The standard InChI is InChI=1S/C24H27N5OS/c30-31(16-20-4-2-1-3-5-20)17-21-8-10-27(15-21)12-13-28-11-9-22-14-23(6-7-24(22)28)29-18-25-26-19-29/h1-7,9,11,14,18-19,21H,8,10,12-13,15-17H2/t21-,31?/m1/s1. The lowest BCUT2D eigenvalue weighted by Gasteiger charge is -2.17. The van der Waals surface area contributed by atoms with Gasteiger partial charge in [0.25, 0.3) is 0 Å². The van der Waals surface area contributed by atoms with Gasteiger partial charge in [-0.2, -0.15) is 0 Å². The maximum atomic E-state index is 12.6.